The van der Waals surface area contributed by atoms with Gasteiger partial charge in [0.15, 0.2) is 0 Å². The molecule has 148 valence electrons. The fraction of sp³-hybridized carbons (Fsp3) is 0.350. The van der Waals surface area contributed by atoms with Gasteiger partial charge >= 0.3 is 5.97 Å². The first-order chi connectivity index (χ1) is 13.2. The second kappa shape index (κ2) is 7.57. The highest BCUT2D eigenvalue weighted by atomic mass is 16.4. The van der Waals surface area contributed by atoms with Crippen LogP contribution in [-0.2, 0) is 25.4 Å². The molecule has 0 saturated heterocycles. The van der Waals surface area contributed by atoms with Crippen molar-refractivity contribution in [2.24, 2.45) is 14.1 Å². The van der Waals surface area contributed by atoms with Crippen LogP contribution in [0.1, 0.15) is 18.1 Å². The molecule has 0 radical (unpaired) electrons. The zero-order valence-corrected chi connectivity index (χ0v) is 16.3. The van der Waals surface area contributed by atoms with Crippen molar-refractivity contribution in [3.05, 3.63) is 51.9 Å². The van der Waals surface area contributed by atoms with E-state index in [1.165, 1.54) is 6.92 Å². The van der Waals surface area contributed by atoms with Crippen LogP contribution in [0.3, 0.4) is 0 Å². The molecule has 0 aliphatic heterocycles. The Kier molecular flexibility index (Phi) is 5.35. The van der Waals surface area contributed by atoms with E-state index in [0.717, 1.165) is 28.0 Å². The number of aliphatic hydroxyl groups excluding tert-OH is 1. The predicted octanol–water partition coefficient (Wildman–Crippen LogP) is 1.17. The summed E-state index contributed by atoms with van der Waals surface area (Å²) in [5.74, 6) is -0.354. The van der Waals surface area contributed by atoms with Gasteiger partial charge in [0, 0.05) is 38.0 Å². The van der Waals surface area contributed by atoms with Gasteiger partial charge in [-0.15, -0.1) is 0 Å². The summed E-state index contributed by atoms with van der Waals surface area (Å²) in [5, 5.41) is 21.6. The highest BCUT2D eigenvalue weighted by molar-refractivity contribution is 5.81. The minimum Gasteiger partial charge on any atom is -0.480 e. The molecule has 0 bridgehead atoms. The van der Waals surface area contributed by atoms with Crippen molar-refractivity contribution in [2.75, 3.05) is 0 Å². The average molecular weight is 384 g/mol. The number of aromatic nitrogens is 3. The Bertz CT molecular complexity index is 1070. The molecule has 2 aromatic heterocycles. The van der Waals surface area contributed by atoms with Gasteiger partial charge in [-0.25, -0.2) is 4.98 Å². The summed E-state index contributed by atoms with van der Waals surface area (Å²) in [4.78, 5) is 27.8. The van der Waals surface area contributed by atoms with Gasteiger partial charge in [-0.05, 0) is 37.6 Å². The van der Waals surface area contributed by atoms with Gasteiger partial charge in [0.2, 0.25) is 0 Å². The van der Waals surface area contributed by atoms with Crippen molar-refractivity contribution in [1.29, 1.82) is 0 Å². The lowest BCUT2D eigenvalue weighted by molar-refractivity contribution is -0.142. The number of rotatable bonds is 6. The Balaban J connectivity index is 1.94. The molecular formula is C20H24N4O4. The first-order valence-corrected chi connectivity index (χ1v) is 8.96. The molecule has 0 aliphatic carbocycles. The number of aliphatic hydroxyl groups is 1. The number of aliphatic carboxylic acids is 1. The molecule has 3 N–H and O–H groups in total. The maximum atomic E-state index is 11.9. The third-order valence-electron chi connectivity index (χ3n) is 4.84. The lowest BCUT2D eigenvalue weighted by Gasteiger charge is -2.17. The number of hydrogen-bond acceptors (Lipinski definition) is 5. The zero-order valence-electron chi connectivity index (χ0n) is 16.3. The Morgan fingerprint density at radius 3 is 2.61 bits per heavy atom. The van der Waals surface area contributed by atoms with Crippen LogP contribution in [-0.4, -0.2) is 42.4 Å². The fourth-order valence-electron chi connectivity index (χ4n) is 3.31. The molecule has 0 spiro atoms. The van der Waals surface area contributed by atoms with Gasteiger partial charge in [0.05, 0.1) is 17.1 Å². The molecule has 0 aliphatic rings. The highest BCUT2D eigenvalue weighted by Crippen LogP contribution is 2.24. The van der Waals surface area contributed by atoms with Crippen molar-refractivity contribution in [3.8, 4) is 11.4 Å². The van der Waals surface area contributed by atoms with E-state index in [4.69, 9.17) is 10.1 Å². The maximum absolute atomic E-state index is 11.9. The average Bonchev–Trinajstić information content (AvgIpc) is 2.95. The number of carboxylic acid groups (broad SMARTS) is 1. The van der Waals surface area contributed by atoms with Gasteiger partial charge in [0.25, 0.3) is 5.56 Å². The van der Waals surface area contributed by atoms with Gasteiger partial charge in [0.1, 0.15) is 11.9 Å². The number of imidazole rings is 1. The summed E-state index contributed by atoms with van der Waals surface area (Å²) in [6.45, 7) is 3.51. The zero-order chi connectivity index (χ0) is 20.6. The quantitative estimate of drug-likeness (QED) is 0.589. The summed E-state index contributed by atoms with van der Waals surface area (Å²) < 4.78 is 3.50. The van der Waals surface area contributed by atoms with Crippen LogP contribution in [0.4, 0.5) is 0 Å². The van der Waals surface area contributed by atoms with Crippen molar-refractivity contribution in [2.45, 2.75) is 32.5 Å². The number of carboxylic acids is 1. The van der Waals surface area contributed by atoms with Crippen molar-refractivity contribution in [1.82, 2.24) is 19.4 Å². The molecule has 0 saturated carbocycles. The van der Waals surface area contributed by atoms with E-state index in [0.29, 0.717) is 12.1 Å². The van der Waals surface area contributed by atoms with E-state index in [9.17, 15) is 14.7 Å². The smallest absolute Gasteiger partial charge is 0.323 e. The van der Waals surface area contributed by atoms with Gasteiger partial charge < -0.3 is 19.3 Å². The Hall–Kier alpha value is -2.97. The summed E-state index contributed by atoms with van der Waals surface area (Å²) >= 11 is 0. The number of carbonyl (C=O) groups is 1. The molecule has 2 unspecified atom stereocenters. The second-order valence-electron chi connectivity index (χ2n) is 7.08. The van der Waals surface area contributed by atoms with Crippen LogP contribution in [0.2, 0.25) is 0 Å². The third kappa shape index (κ3) is 3.69. The van der Waals surface area contributed by atoms with Gasteiger partial charge in [-0.1, -0.05) is 6.07 Å². The van der Waals surface area contributed by atoms with Crippen molar-refractivity contribution >= 4 is 17.0 Å². The molecule has 8 heteroatoms. The monoisotopic (exact) mass is 384 g/mol. The topological polar surface area (TPSA) is 109 Å². The molecule has 0 amide bonds. The predicted molar refractivity (Wildman–Crippen MR) is 106 cm³/mol. The minimum absolute atomic E-state index is 0.0398. The number of pyridine rings is 1. The summed E-state index contributed by atoms with van der Waals surface area (Å²) in [6.07, 6.45) is 0.759. The van der Waals surface area contributed by atoms with E-state index in [1.807, 2.05) is 35.9 Å². The number of fused-ring (bicyclic) bond motifs is 1. The number of aryl methyl sites for hydroxylation is 3. The molecule has 1 aromatic carbocycles. The minimum atomic E-state index is -1.10. The Labute approximate surface area is 162 Å². The van der Waals surface area contributed by atoms with E-state index in [1.54, 1.807) is 24.7 Å². The van der Waals surface area contributed by atoms with Crippen LogP contribution < -0.4 is 10.9 Å². The largest absolute Gasteiger partial charge is 0.480 e. The molecule has 2 heterocycles. The number of nitrogens with zero attached hydrogens (tertiary/aromatic N) is 3. The maximum Gasteiger partial charge on any atom is 0.323 e. The fourth-order valence-corrected chi connectivity index (χ4v) is 3.31. The first-order valence-electron chi connectivity index (χ1n) is 8.96. The molecule has 28 heavy (non-hydrogen) atoms. The number of nitrogens with one attached hydrogen (secondary N) is 1. The Morgan fingerprint density at radius 2 is 2.00 bits per heavy atom. The molecule has 3 rings (SSSR count). The van der Waals surface area contributed by atoms with E-state index >= 15 is 0 Å². The molecule has 0 fully saturated rings. The molecule has 8 nitrogen and oxygen atoms in total. The van der Waals surface area contributed by atoms with E-state index < -0.39 is 18.1 Å². The molecular weight excluding hydrogens is 360 g/mol. The summed E-state index contributed by atoms with van der Waals surface area (Å²) in [6, 6.07) is 6.50. The first kappa shape index (κ1) is 19.8. The number of hydrogen-bond donors (Lipinski definition) is 3. The standard InChI is InChI=1S/C20H24N4O4/c1-11-7-14(10-23(3)19(11)26)18-22-15-8-13(5-6-16(15)24(18)4)9-21-17(12(2)25)20(27)28/h5-8,10,12,17,21,25H,9H2,1-4H3,(H,27,28). The highest BCUT2D eigenvalue weighted by Gasteiger charge is 2.22. The number of benzene rings is 1. The van der Waals surface area contributed by atoms with Crippen LogP contribution in [0, 0.1) is 6.92 Å². The Morgan fingerprint density at radius 1 is 1.29 bits per heavy atom. The molecule has 2 atom stereocenters. The van der Waals surface area contributed by atoms with Crippen LogP contribution in [0.15, 0.2) is 35.3 Å². The van der Waals surface area contributed by atoms with Crippen molar-refractivity contribution in [3.63, 3.8) is 0 Å². The summed E-state index contributed by atoms with van der Waals surface area (Å²) in [5.41, 5.74) is 4.01. The van der Waals surface area contributed by atoms with Crippen LogP contribution in [0.25, 0.3) is 22.4 Å². The van der Waals surface area contributed by atoms with Crippen LogP contribution in [0.5, 0.6) is 0 Å². The van der Waals surface area contributed by atoms with Gasteiger partial charge in [-0.3, -0.25) is 14.9 Å². The second-order valence-corrected chi connectivity index (χ2v) is 7.08. The third-order valence-corrected chi connectivity index (χ3v) is 4.84. The van der Waals surface area contributed by atoms with Gasteiger partial charge in [-0.2, -0.15) is 0 Å². The lowest BCUT2D eigenvalue weighted by atomic mass is 10.1. The van der Waals surface area contributed by atoms with E-state index in [2.05, 4.69) is 5.32 Å². The van der Waals surface area contributed by atoms with Crippen molar-refractivity contribution < 1.29 is 15.0 Å². The molecule has 3 aromatic rings. The SMILES string of the molecule is Cc1cc(-c2nc3cc(CNC(C(=O)O)C(C)O)ccc3n2C)cn(C)c1=O. The lowest BCUT2D eigenvalue weighted by Crippen LogP contribution is -2.44. The van der Waals surface area contributed by atoms with E-state index in [-0.39, 0.29) is 5.56 Å². The normalized spacial score (nSPS) is 13.6. The summed E-state index contributed by atoms with van der Waals surface area (Å²) in [7, 11) is 3.63. The van der Waals surface area contributed by atoms with Crippen LogP contribution >= 0.6 is 0 Å².